The maximum absolute atomic E-state index is 2.38. The Labute approximate surface area is 70.0 Å². The van der Waals surface area contributed by atoms with Crippen LogP contribution in [-0.4, -0.2) is 0 Å². The van der Waals surface area contributed by atoms with Gasteiger partial charge < -0.3 is 0 Å². The smallest absolute Gasteiger partial charge is 0.0169 e. The lowest BCUT2D eigenvalue weighted by atomic mass is 9.99. The second kappa shape index (κ2) is 5.17. The lowest BCUT2D eigenvalue weighted by Crippen LogP contribution is -1.93. The number of unbranched alkanes of at least 4 members (excludes halogenated alkanes) is 1. The van der Waals surface area contributed by atoms with Gasteiger partial charge in [-0.15, -0.1) is 0 Å². The summed E-state index contributed by atoms with van der Waals surface area (Å²) in [5, 5.41) is 0. The van der Waals surface area contributed by atoms with Crippen LogP contribution in [0.15, 0.2) is 24.3 Å². The van der Waals surface area contributed by atoms with Gasteiger partial charge in [-0.2, -0.15) is 0 Å². The first-order valence-electron chi connectivity index (χ1n) is 4.75. The molecule has 0 heteroatoms. The van der Waals surface area contributed by atoms with E-state index in [1.165, 1.54) is 25.7 Å². The van der Waals surface area contributed by atoms with Gasteiger partial charge >= 0.3 is 0 Å². The van der Waals surface area contributed by atoms with E-state index in [9.17, 15) is 0 Å². The molecular formula is C11H18. The van der Waals surface area contributed by atoms with Gasteiger partial charge in [0, 0.05) is 0 Å². The van der Waals surface area contributed by atoms with Crippen molar-refractivity contribution in [1.82, 2.24) is 0 Å². The molecule has 0 aromatic heterocycles. The summed E-state index contributed by atoms with van der Waals surface area (Å²) < 4.78 is 0. The Morgan fingerprint density at radius 2 is 2.18 bits per heavy atom. The molecule has 1 atom stereocenters. The van der Waals surface area contributed by atoms with E-state index in [1.54, 1.807) is 0 Å². The van der Waals surface area contributed by atoms with Crippen molar-refractivity contribution in [2.24, 2.45) is 5.92 Å². The number of hydrogen-bond acceptors (Lipinski definition) is 0. The zero-order valence-corrected chi connectivity index (χ0v) is 7.42. The van der Waals surface area contributed by atoms with Gasteiger partial charge in [0.2, 0.25) is 0 Å². The molecule has 0 spiro atoms. The van der Waals surface area contributed by atoms with Gasteiger partial charge in [-0.1, -0.05) is 44.1 Å². The van der Waals surface area contributed by atoms with E-state index in [4.69, 9.17) is 0 Å². The van der Waals surface area contributed by atoms with E-state index in [1.807, 2.05) is 0 Å². The van der Waals surface area contributed by atoms with Crippen LogP contribution in [0.4, 0.5) is 0 Å². The highest BCUT2D eigenvalue weighted by molar-refractivity contribution is 5.02. The average Bonchev–Trinajstić information content (AvgIpc) is 2.28. The SMILES string of the molecule is CCCCC1C=CCC=CC1. The summed E-state index contributed by atoms with van der Waals surface area (Å²) in [4.78, 5) is 0. The van der Waals surface area contributed by atoms with Crippen LogP contribution in [0.1, 0.15) is 39.0 Å². The Hall–Kier alpha value is -0.520. The molecule has 0 aliphatic heterocycles. The monoisotopic (exact) mass is 150 g/mol. The van der Waals surface area contributed by atoms with Gasteiger partial charge in [0.05, 0.1) is 0 Å². The second-order valence-electron chi connectivity index (χ2n) is 3.27. The van der Waals surface area contributed by atoms with E-state index in [2.05, 4.69) is 31.2 Å². The Morgan fingerprint density at radius 3 is 3.00 bits per heavy atom. The summed E-state index contributed by atoms with van der Waals surface area (Å²) in [6, 6.07) is 0. The molecule has 0 fully saturated rings. The number of rotatable bonds is 3. The minimum Gasteiger partial charge on any atom is -0.0876 e. The summed E-state index contributed by atoms with van der Waals surface area (Å²) in [6.07, 6.45) is 15.7. The molecule has 0 radical (unpaired) electrons. The van der Waals surface area contributed by atoms with Crippen LogP contribution in [-0.2, 0) is 0 Å². The zero-order chi connectivity index (χ0) is 7.94. The Bertz CT molecular complexity index is 142. The first-order chi connectivity index (χ1) is 5.43. The molecule has 0 N–H and O–H groups in total. The van der Waals surface area contributed by atoms with Crippen molar-refractivity contribution in [2.45, 2.75) is 39.0 Å². The first-order valence-corrected chi connectivity index (χ1v) is 4.75. The minimum absolute atomic E-state index is 0.827. The van der Waals surface area contributed by atoms with Gasteiger partial charge in [0.1, 0.15) is 0 Å². The molecular weight excluding hydrogens is 132 g/mol. The van der Waals surface area contributed by atoms with Gasteiger partial charge in [0.25, 0.3) is 0 Å². The third-order valence-electron chi connectivity index (χ3n) is 2.21. The van der Waals surface area contributed by atoms with Crippen molar-refractivity contribution >= 4 is 0 Å². The third kappa shape index (κ3) is 3.41. The maximum atomic E-state index is 2.38. The van der Waals surface area contributed by atoms with Crippen molar-refractivity contribution in [3.63, 3.8) is 0 Å². The van der Waals surface area contributed by atoms with Gasteiger partial charge in [-0.25, -0.2) is 0 Å². The summed E-state index contributed by atoms with van der Waals surface area (Å²) in [5.41, 5.74) is 0. The molecule has 0 saturated heterocycles. The molecule has 1 aliphatic carbocycles. The van der Waals surface area contributed by atoms with E-state index in [0.29, 0.717) is 0 Å². The highest BCUT2D eigenvalue weighted by atomic mass is 14.1. The summed E-state index contributed by atoms with van der Waals surface area (Å²) in [7, 11) is 0. The number of allylic oxidation sites excluding steroid dienone is 4. The molecule has 1 aliphatic rings. The predicted molar refractivity (Wildman–Crippen MR) is 50.5 cm³/mol. The van der Waals surface area contributed by atoms with Crippen LogP contribution in [0, 0.1) is 5.92 Å². The van der Waals surface area contributed by atoms with E-state index in [-0.39, 0.29) is 0 Å². The highest BCUT2D eigenvalue weighted by Crippen LogP contribution is 2.17. The van der Waals surface area contributed by atoms with E-state index in [0.717, 1.165) is 12.3 Å². The van der Waals surface area contributed by atoms with Crippen LogP contribution in [0.3, 0.4) is 0 Å². The molecule has 0 heterocycles. The van der Waals surface area contributed by atoms with Crippen molar-refractivity contribution in [3.8, 4) is 0 Å². The molecule has 1 unspecified atom stereocenters. The van der Waals surface area contributed by atoms with Crippen LogP contribution >= 0.6 is 0 Å². The predicted octanol–water partition coefficient (Wildman–Crippen LogP) is 3.70. The molecule has 0 aromatic carbocycles. The third-order valence-corrected chi connectivity index (χ3v) is 2.21. The maximum Gasteiger partial charge on any atom is -0.0169 e. The normalized spacial score (nSPS) is 23.5. The summed E-state index contributed by atoms with van der Waals surface area (Å²) >= 11 is 0. The molecule has 0 saturated carbocycles. The van der Waals surface area contributed by atoms with Gasteiger partial charge in [-0.05, 0) is 25.2 Å². The summed E-state index contributed by atoms with van der Waals surface area (Å²) in [6.45, 7) is 2.26. The van der Waals surface area contributed by atoms with Crippen LogP contribution < -0.4 is 0 Å². The molecule has 0 nitrogen and oxygen atoms in total. The lowest BCUT2D eigenvalue weighted by molar-refractivity contribution is 0.562. The van der Waals surface area contributed by atoms with Gasteiger partial charge in [-0.3, -0.25) is 0 Å². The molecule has 0 amide bonds. The second-order valence-corrected chi connectivity index (χ2v) is 3.27. The van der Waals surface area contributed by atoms with Crippen LogP contribution in [0.2, 0.25) is 0 Å². The van der Waals surface area contributed by atoms with Crippen LogP contribution in [0.25, 0.3) is 0 Å². The Balaban J connectivity index is 2.26. The fourth-order valence-corrected chi connectivity index (χ4v) is 1.48. The topological polar surface area (TPSA) is 0 Å². The molecule has 62 valence electrons. The van der Waals surface area contributed by atoms with E-state index >= 15 is 0 Å². The fraction of sp³-hybridized carbons (Fsp3) is 0.636. The lowest BCUT2D eigenvalue weighted by Gasteiger charge is -2.07. The van der Waals surface area contributed by atoms with Crippen molar-refractivity contribution in [3.05, 3.63) is 24.3 Å². The minimum atomic E-state index is 0.827. The quantitative estimate of drug-likeness (QED) is 0.538. The Kier molecular flexibility index (Phi) is 4.03. The van der Waals surface area contributed by atoms with Crippen molar-refractivity contribution in [1.29, 1.82) is 0 Å². The molecule has 0 aromatic rings. The van der Waals surface area contributed by atoms with Crippen LogP contribution in [0.5, 0.6) is 0 Å². The van der Waals surface area contributed by atoms with Crippen molar-refractivity contribution < 1.29 is 0 Å². The zero-order valence-electron chi connectivity index (χ0n) is 7.42. The summed E-state index contributed by atoms with van der Waals surface area (Å²) in [5.74, 6) is 0.827. The Morgan fingerprint density at radius 1 is 1.27 bits per heavy atom. The number of hydrogen-bond donors (Lipinski definition) is 0. The molecule has 0 bridgehead atoms. The molecule has 11 heavy (non-hydrogen) atoms. The molecule has 1 rings (SSSR count). The van der Waals surface area contributed by atoms with Crippen molar-refractivity contribution in [2.75, 3.05) is 0 Å². The average molecular weight is 150 g/mol. The highest BCUT2D eigenvalue weighted by Gasteiger charge is 2.02. The standard InChI is InChI=1S/C11H18/c1-2-3-8-11-9-6-4-5-7-10-11/h4,6-7,10-11H,2-3,5,8-9H2,1H3. The van der Waals surface area contributed by atoms with Gasteiger partial charge in [0.15, 0.2) is 0 Å². The fourth-order valence-electron chi connectivity index (χ4n) is 1.48. The first kappa shape index (κ1) is 8.58. The van der Waals surface area contributed by atoms with E-state index < -0.39 is 0 Å². The largest absolute Gasteiger partial charge is 0.0876 e.